The highest BCUT2D eigenvalue weighted by molar-refractivity contribution is 5.83. The third kappa shape index (κ3) is 3.29. The Hall–Kier alpha value is -0.610. The predicted octanol–water partition coefficient (Wildman–Crippen LogP) is 1.79. The van der Waals surface area contributed by atoms with Crippen LogP contribution in [0.15, 0.2) is 0 Å². The van der Waals surface area contributed by atoms with E-state index in [2.05, 4.69) is 17.1 Å². The number of carbonyl (C=O) groups is 1. The number of ether oxygens (including phenoxy) is 1. The fraction of sp³-hybridized carbons (Fsp3) is 0.933. The molecule has 0 aromatic heterocycles. The summed E-state index contributed by atoms with van der Waals surface area (Å²) in [6.07, 6.45) is 5.50. The van der Waals surface area contributed by atoms with Crippen molar-refractivity contribution in [3.05, 3.63) is 0 Å². The maximum Gasteiger partial charge on any atom is 0.230 e. The molecule has 0 aromatic carbocycles. The quantitative estimate of drug-likeness (QED) is 0.826. The minimum atomic E-state index is -0.136. The summed E-state index contributed by atoms with van der Waals surface area (Å²) in [5.41, 5.74) is -0.136. The maximum absolute atomic E-state index is 12.9. The smallest absolute Gasteiger partial charge is 0.230 e. The van der Waals surface area contributed by atoms with E-state index in [1.807, 2.05) is 6.92 Å². The Morgan fingerprint density at radius 3 is 2.95 bits per heavy atom. The monoisotopic (exact) mass is 268 g/mol. The Kier molecular flexibility index (Phi) is 5.22. The molecule has 4 heteroatoms. The van der Waals surface area contributed by atoms with Crippen LogP contribution in [0.1, 0.15) is 46.0 Å². The zero-order chi connectivity index (χ0) is 13.7. The van der Waals surface area contributed by atoms with Crippen LogP contribution in [0.25, 0.3) is 0 Å². The van der Waals surface area contributed by atoms with Gasteiger partial charge in [0.15, 0.2) is 0 Å². The third-order valence-corrected chi connectivity index (χ3v) is 4.49. The number of nitrogens with one attached hydrogen (secondary N) is 1. The van der Waals surface area contributed by atoms with E-state index in [0.717, 1.165) is 64.9 Å². The summed E-state index contributed by atoms with van der Waals surface area (Å²) in [5, 5.41) is 3.38. The second-order valence-electron chi connectivity index (χ2n) is 5.93. The summed E-state index contributed by atoms with van der Waals surface area (Å²) in [6.45, 7) is 8.48. The van der Waals surface area contributed by atoms with Crippen LogP contribution in [-0.2, 0) is 9.53 Å². The van der Waals surface area contributed by atoms with Gasteiger partial charge in [-0.1, -0.05) is 13.3 Å². The number of rotatable bonds is 5. The lowest BCUT2D eigenvalue weighted by atomic mass is 9.80. The van der Waals surface area contributed by atoms with Crippen molar-refractivity contribution in [3.63, 3.8) is 0 Å². The molecule has 2 aliphatic rings. The van der Waals surface area contributed by atoms with Gasteiger partial charge in [-0.05, 0) is 39.2 Å². The second-order valence-corrected chi connectivity index (χ2v) is 5.93. The van der Waals surface area contributed by atoms with Crippen molar-refractivity contribution in [2.45, 2.75) is 52.1 Å². The van der Waals surface area contributed by atoms with Gasteiger partial charge in [0.2, 0.25) is 5.91 Å². The molecule has 2 rings (SSSR count). The van der Waals surface area contributed by atoms with Crippen LogP contribution in [0.3, 0.4) is 0 Å². The topological polar surface area (TPSA) is 41.6 Å². The first-order chi connectivity index (χ1) is 9.22. The Balaban J connectivity index is 2.00. The molecule has 0 saturated carbocycles. The lowest BCUT2D eigenvalue weighted by molar-refractivity contribution is -0.145. The van der Waals surface area contributed by atoms with Crippen LogP contribution in [-0.4, -0.2) is 49.7 Å². The summed E-state index contributed by atoms with van der Waals surface area (Å²) >= 11 is 0. The van der Waals surface area contributed by atoms with Crippen molar-refractivity contribution in [2.75, 3.05) is 32.8 Å². The number of likely N-dealkylation sites (tertiary alicyclic amines) is 1. The highest BCUT2D eigenvalue weighted by atomic mass is 16.5. The van der Waals surface area contributed by atoms with E-state index in [1.54, 1.807) is 0 Å². The molecule has 2 aliphatic heterocycles. The maximum atomic E-state index is 12.9. The van der Waals surface area contributed by atoms with Crippen LogP contribution in [0.2, 0.25) is 0 Å². The lowest BCUT2D eigenvalue weighted by Crippen LogP contribution is -2.50. The van der Waals surface area contributed by atoms with Gasteiger partial charge in [0.25, 0.3) is 0 Å². The Labute approximate surface area is 116 Å². The lowest BCUT2D eigenvalue weighted by Gasteiger charge is -2.38. The molecule has 0 radical (unpaired) electrons. The van der Waals surface area contributed by atoms with Gasteiger partial charge in [-0.25, -0.2) is 0 Å². The average molecular weight is 268 g/mol. The summed E-state index contributed by atoms with van der Waals surface area (Å²) in [4.78, 5) is 15.0. The van der Waals surface area contributed by atoms with Crippen molar-refractivity contribution in [3.8, 4) is 0 Å². The number of carbonyl (C=O) groups excluding carboxylic acids is 1. The van der Waals surface area contributed by atoms with Crippen molar-refractivity contribution < 1.29 is 9.53 Å². The summed E-state index contributed by atoms with van der Waals surface area (Å²) in [7, 11) is 0. The Morgan fingerprint density at radius 1 is 1.47 bits per heavy atom. The minimum absolute atomic E-state index is 0.136. The molecule has 4 nitrogen and oxygen atoms in total. The SMILES string of the molecule is CCCC1(C(=O)N2CCCC(OCC)C2)CCNC1. The Bertz CT molecular complexity index is 299. The predicted molar refractivity (Wildman–Crippen MR) is 76.1 cm³/mol. The first-order valence-electron chi connectivity index (χ1n) is 7.83. The number of hydrogen-bond acceptors (Lipinski definition) is 3. The molecular formula is C15H28N2O2. The summed E-state index contributed by atoms with van der Waals surface area (Å²) in [6, 6.07) is 0. The summed E-state index contributed by atoms with van der Waals surface area (Å²) in [5.74, 6) is 0.365. The van der Waals surface area contributed by atoms with Crippen LogP contribution in [0.4, 0.5) is 0 Å². The number of amides is 1. The molecule has 2 heterocycles. The number of nitrogens with zero attached hydrogens (tertiary/aromatic N) is 1. The zero-order valence-corrected chi connectivity index (χ0v) is 12.4. The van der Waals surface area contributed by atoms with Gasteiger partial charge in [0.1, 0.15) is 0 Å². The van der Waals surface area contributed by atoms with E-state index in [9.17, 15) is 4.79 Å². The molecule has 1 amide bonds. The average Bonchev–Trinajstić information content (AvgIpc) is 2.89. The molecular weight excluding hydrogens is 240 g/mol. The van der Waals surface area contributed by atoms with Gasteiger partial charge in [-0.3, -0.25) is 4.79 Å². The number of piperidine rings is 1. The molecule has 0 aromatic rings. The molecule has 2 atom stereocenters. The first-order valence-corrected chi connectivity index (χ1v) is 7.83. The van der Waals surface area contributed by atoms with E-state index >= 15 is 0 Å². The van der Waals surface area contributed by atoms with E-state index in [4.69, 9.17) is 4.74 Å². The molecule has 19 heavy (non-hydrogen) atoms. The molecule has 2 saturated heterocycles. The third-order valence-electron chi connectivity index (χ3n) is 4.49. The highest BCUT2D eigenvalue weighted by Gasteiger charge is 2.43. The van der Waals surface area contributed by atoms with Gasteiger partial charge < -0.3 is 15.0 Å². The molecule has 0 spiro atoms. The van der Waals surface area contributed by atoms with Gasteiger partial charge in [0, 0.05) is 26.2 Å². The van der Waals surface area contributed by atoms with Crippen LogP contribution in [0.5, 0.6) is 0 Å². The number of hydrogen-bond donors (Lipinski definition) is 1. The van der Waals surface area contributed by atoms with E-state index in [0.29, 0.717) is 5.91 Å². The fourth-order valence-corrected chi connectivity index (χ4v) is 3.55. The van der Waals surface area contributed by atoms with Gasteiger partial charge >= 0.3 is 0 Å². The van der Waals surface area contributed by atoms with Crippen molar-refractivity contribution in [1.29, 1.82) is 0 Å². The highest BCUT2D eigenvalue weighted by Crippen LogP contribution is 2.34. The second kappa shape index (κ2) is 6.71. The summed E-state index contributed by atoms with van der Waals surface area (Å²) < 4.78 is 5.71. The van der Waals surface area contributed by atoms with Gasteiger partial charge in [-0.15, -0.1) is 0 Å². The van der Waals surface area contributed by atoms with Crippen LogP contribution >= 0.6 is 0 Å². The molecule has 2 fully saturated rings. The standard InChI is InChI=1S/C15H28N2O2/c1-3-7-15(8-9-16-12-15)14(18)17-10-5-6-13(11-17)19-4-2/h13,16H,3-12H2,1-2H3. The normalized spacial score (nSPS) is 31.7. The molecule has 2 unspecified atom stereocenters. The molecule has 1 N–H and O–H groups in total. The van der Waals surface area contributed by atoms with E-state index in [1.165, 1.54) is 0 Å². The van der Waals surface area contributed by atoms with Gasteiger partial charge in [0.05, 0.1) is 11.5 Å². The van der Waals surface area contributed by atoms with Crippen LogP contribution in [0, 0.1) is 5.41 Å². The molecule has 110 valence electrons. The van der Waals surface area contributed by atoms with Crippen LogP contribution < -0.4 is 5.32 Å². The van der Waals surface area contributed by atoms with E-state index < -0.39 is 0 Å². The minimum Gasteiger partial charge on any atom is -0.377 e. The largest absolute Gasteiger partial charge is 0.377 e. The first kappa shape index (κ1) is 14.8. The van der Waals surface area contributed by atoms with Gasteiger partial charge in [-0.2, -0.15) is 0 Å². The van der Waals surface area contributed by atoms with Crippen molar-refractivity contribution in [2.24, 2.45) is 5.41 Å². The zero-order valence-electron chi connectivity index (χ0n) is 12.4. The molecule has 0 aliphatic carbocycles. The van der Waals surface area contributed by atoms with Crippen molar-refractivity contribution in [1.82, 2.24) is 10.2 Å². The fourth-order valence-electron chi connectivity index (χ4n) is 3.55. The van der Waals surface area contributed by atoms with Crippen molar-refractivity contribution >= 4 is 5.91 Å². The van der Waals surface area contributed by atoms with E-state index in [-0.39, 0.29) is 11.5 Å². The molecule has 0 bridgehead atoms. The Morgan fingerprint density at radius 2 is 2.32 bits per heavy atom.